The van der Waals surface area contributed by atoms with E-state index < -0.39 is 0 Å². The second kappa shape index (κ2) is 16.5. The Morgan fingerprint density at radius 2 is 1.68 bits per heavy atom. The van der Waals surface area contributed by atoms with Crippen molar-refractivity contribution in [3.05, 3.63) is 23.9 Å². The van der Waals surface area contributed by atoms with Crippen molar-refractivity contribution in [2.24, 2.45) is 0 Å². The fraction of sp³-hybridized carbons (Fsp3) is 0.611. The molecule has 0 saturated heterocycles. The third kappa shape index (κ3) is 14.9. The lowest BCUT2D eigenvalue weighted by atomic mass is 10.3. The van der Waals surface area contributed by atoms with Crippen LogP contribution in [0, 0.1) is 22.7 Å². The molecule has 0 aromatic rings. The Morgan fingerprint density at radius 3 is 2.32 bits per heavy atom. The van der Waals surface area contributed by atoms with Crippen molar-refractivity contribution in [1.29, 1.82) is 10.5 Å². The highest BCUT2D eigenvalue weighted by Gasteiger charge is 2.04. The standard InChI is InChI=1S/C18H27N3O4/c1-3-4-5-9-23-10-11-24-12-13-25-18(22)16-21(2)8-6-7-17(14-19)15-20/h6-8H,3-5,9-13,16H2,1-2H3. The van der Waals surface area contributed by atoms with Gasteiger partial charge in [-0.3, -0.25) is 4.79 Å². The number of allylic oxidation sites excluding steroid dienone is 3. The lowest BCUT2D eigenvalue weighted by Crippen LogP contribution is -2.24. The van der Waals surface area contributed by atoms with Gasteiger partial charge in [0.2, 0.25) is 0 Å². The molecule has 0 aliphatic rings. The highest BCUT2D eigenvalue weighted by Crippen LogP contribution is 1.94. The van der Waals surface area contributed by atoms with E-state index in [1.54, 1.807) is 30.3 Å². The molecule has 0 radical (unpaired) electrons. The van der Waals surface area contributed by atoms with E-state index in [0.29, 0.717) is 19.8 Å². The van der Waals surface area contributed by atoms with E-state index in [2.05, 4.69) is 6.92 Å². The molecular formula is C18H27N3O4. The molecule has 0 aliphatic heterocycles. The summed E-state index contributed by atoms with van der Waals surface area (Å²) in [6.45, 7) is 4.53. The van der Waals surface area contributed by atoms with Crippen LogP contribution < -0.4 is 0 Å². The molecule has 0 amide bonds. The van der Waals surface area contributed by atoms with E-state index in [-0.39, 0.29) is 24.7 Å². The minimum atomic E-state index is -0.378. The van der Waals surface area contributed by atoms with Crippen LogP contribution in [0.15, 0.2) is 23.9 Å². The minimum absolute atomic E-state index is 0.00119. The Bertz CT molecular complexity index is 487. The smallest absolute Gasteiger partial charge is 0.325 e. The van der Waals surface area contributed by atoms with E-state index in [4.69, 9.17) is 24.7 Å². The SMILES string of the molecule is CCCCCOCCOCCOC(=O)CN(C)C=CC=C(C#N)C#N. The predicted octanol–water partition coefficient (Wildman–Crippen LogP) is 2.17. The number of unbranched alkanes of at least 4 members (excludes halogenated alkanes) is 2. The average Bonchev–Trinajstić information content (AvgIpc) is 2.60. The van der Waals surface area contributed by atoms with E-state index in [0.717, 1.165) is 13.0 Å². The van der Waals surface area contributed by atoms with Crippen LogP contribution in [0.5, 0.6) is 0 Å². The van der Waals surface area contributed by atoms with Crippen LogP contribution in [0.25, 0.3) is 0 Å². The van der Waals surface area contributed by atoms with Crippen molar-refractivity contribution in [3.63, 3.8) is 0 Å². The van der Waals surface area contributed by atoms with Crippen molar-refractivity contribution < 1.29 is 19.0 Å². The number of carbonyl (C=O) groups is 1. The number of hydrogen-bond acceptors (Lipinski definition) is 7. The second-order valence-corrected chi connectivity index (χ2v) is 5.21. The van der Waals surface area contributed by atoms with E-state index in [1.165, 1.54) is 25.0 Å². The Kier molecular flexibility index (Phi) is 15.0. The highest BCUT2D eigenvalue weighted by molar-refractivity contribution is 5.71. The van der Waals surface area contributed by atoms with Gasteiger partial charge in [-0.2, -0.15) is 10.5 Å². The average molecular weight is 349 g/mol. The summed E-state index contributed by atoms with van der Waals surface area (Å²) >= 11 is 0. The first-order valence-electron chi connectivity index (χ1n) is 8.34. The van der Waals surface area contributed by atoms with E-state index >= 15 is 0 Å². The summed E-state index contributed by atoms with van der Waals surface area (Å²) < 4.78 is 15.7. The molecule has 0 saturated carbocycles. The molecular weight excluding hydrogens is 322 g/mol. The number of esters is 1. The van der Waals surface area contributed by atoms with Crippen LogP contribution >= 0.6 is 0 Å². The number of carbonyl (C=O) groups excluding carboxylic acids is 1. The van der Waals surface area contributed by atoms with Crippen LogP contribution in [-0.2, 0) is 19.0 Å². The topological polar surface area (TPSA) is 95.6 Å². The molecule has 0 aromatic carbocycles. The number of nitriles is 2. The summed E-state index contributed by atoms with van der Waals surface area (Å²) in [5.74, 6) is -0.378. The predicted molar refractivity (Wildman–Crippen MR) is 93.2 cm³/mol. The van der Waals surface area contributed by atoms with Gasteiger partial charge >= 0.3 is 5.97 Å². The zero-order chi connectivity index (χ0) is 18.8. The number of nitrogens with zero attached hydrogens (tertiary/aromatic N) is 3. The Hall–Kier alpha value is -2.35. The summed E-state index contributed by atoms with van der Waals surface area (Å²) in [5.41, 5.74) is -0.00119. The summed E-state index contributed by atoms with van der Waals surface area (Å²) in [7, 11) is 1.69. The maximum absolute atomic E-state index is 11.6. The van der Waals surface area contributed by atoms with Crippen LogP contribution in [0.1, 0.15) is 26.2 Å². The first-order chi connectivity index (χ1) is 12.1. The fourth-order valence-electron chi connectivity index (χ4n) is 1.68. The first kappa shape index (κ1) is 22.6. The van der Waals surface area contributed by atoms with Gasteiger partial charge in [0.1, 0.15) is 30.9 Å². The van der Waals surface area contributed by atoms with Gasteiger partial charge in [-0.15, -0.1) is 0 Å². The summed E-state index contributed by atoms with van der Waals surface area (Å²) in [4.78, 5) is 13.2. The lowest BCUT2D eigenvalue weighted by Gasteiger charge is -2.12. The van der Waals surface area contributed by atoms with Crippen molar-refractivity contribution >= 4 is 5.97 Å². The Labute approximate surface area is 150 Å². The molecule has 0 spiro atoms. The number of rotatable bonds is 14. The summed E-state index contributed by atoms with van der Waals surface area (Å²) in [6, 6.07) is 3.49. The monoisotopic (exact) mass is 349 g/mol. The molecule has 0 bridgehead atoms. The van der Waals surface area contributed by atoms with Crippen LogP contribution in [-0.4, -0.2) is 57.5 Å². The van der Waals surface area contributed by atoms with Gasteiger partial charge in [0.15, 0.2) is 0 Å². The van der Waals surface area contributed by atoms with Crippen LogP contribution in [0.3, 0.4) is 0 Å². The van der Waals surface area contributed by atoms with Gasteiger partial charge in [0.05, 0.1) is 19.8 Å². The molecule has 0 atom stereocenters. The Morgan fingerprint density at radius 1 is 1.04 bits per heavy atom. The third-order valence-electron chi connectivity index (χ3n) is 2.98. The summed E-state index contributed by atoms with van der Waals surface area (Å²) in [5, 5.41) is 17.2. The fourth-order valence-corrected chi connectivity index (χ4v) is 1.68. The maximum atomic E-state index is 11.6. The molecule has 0 unspecified atom stereocenters. The number of likely N-dealkylation sites (N-methyl/N-ethyl adjacent to an activating group) is 1. The van der Waals surface area contributed by atoms with Crippen molar-refractivity contribution in [1.82, 2.24) is 4.90 Å². The van der Waals surface area contributed by atoms with Gasteiger partial charge in [-0.1, -0.05) is 19.8 Å². The molecule has 0 aromatic heterocycles. The zero-order valence-electron chi connectivity index (χ0n) is 15.1. The van der Waals surface area contributed by atoms with Crippen LogP contribution in [0.4, 0.5) is 0 Å². The molecule has 7 heteroatoms. The lowest BCUT2D eigenvalue weighted by molar-refractivity contribution is -0.145. The molecule has 25 heavy (non-hydrogen) atoms. The first-order valence-corrected chi connectivity index (χ1v) is 8.34. The van der Waals surface area contributed by atoms with Crippen molar-refractivity contribution in [2.75, 3.05) is 46.6 Å². The van der Waals surface area contributed by atoms with E-state index in [9.17, 15) is 4.79 Å². The van der Waals surface area contributed by atoms with Crippen molar-refractivity contribution in [2.45, 2.75) is 26.2 Å². The van der Waals surface area contributed by atoms with E-state index in [1.807, 2.05) is 0 Å². The normalized spacial score (nSPS) is 10.1. The second-order valence-electron chi connectivity index (χ2n) is 5.21. The largest absolute Gasteiger partial charge is 0.462 e. The van der Waals surface area contributed by atoms with Gasteiger partial charge < -0.3 is 19.1 Å². The van der Waals surface area contributed by atoms with Gasteiger partial charge in [0, 0.05) is 13.7 Å². The molecule has 0 N–H and O–H groups in total. The molecule has 0 rings (SSSR count). The molecule has 138 valence electrons. The number of hydrogen-bond donors (Lipinski definition) is 0. The third-order valence-corrected chi connectivity index (χ3v) is 2.98. The van der Waals surface area contributed by atoms with Crippen LogP contribution in [0.2, 0.25) is 0 Å². The number of ether oxygens (including phenoxy) is 3. The molecule has 0 fully saturated rings. The van der Waals surface area contributed by atoms with Gasteiger partial charge in [0.25, 0.3) is 0 Å². The van der Waals surface area contributed by atoms with Crippen molar-refractivity contribution in [3.8, 4) is 12.1 Å². The quantitative estimate of drug-likeness (QED) is 0.205. The minimum Gasteiger partial charge on any atom is -0.462 e. The molecule has 0 heterocycles. The summed E-state index contributed by atoms with van der Waals surface area (Å²) in [6.07, 6.45) is 7.91. The van der Waals surface area contributed by atoms with Gasteiger partial charge in [-0.05, 0) is 24.8 Å². The zero-order valence-corrected chi connectivity index (χ0v) is 15.1. The molecule has 7 nitrogen and oxygen atoms in total. The van der Waals surface area contributed by atoms with Gasteiger partial charge in [-0.25, -0.2) is 0 Å². The molecule has 0 aliphatic carbocycles. The Balaban J connectivity index is 3.64. The maximum Gasteiger partial charge on any atom is 0.325 e. The highest BCUT2D eigenvalue weighted by atomic mass is 16.6.